The lowest BCUT2D eigenvalue weighted by Gasteiger charge is -2.25. The minimum Gasteiger partial charge on any atom is -0.497 e. The number of aliphatic hydroxyl groups excluding tert-OH is 2. The maximum absolute atomic E-state index is 11.0. The first-order valence-corrected chi connectivity index (χ1v) is 8.24. The fourth-order valence-corrected chi connectivity index (χ4v) is 2.55. The van der Waals surface area contributed by atoms with Crippen LogP contribution in [0.5, 0.6) is 5.75 Å². The molecule has 2 aromatic rings. The number of ether oxygens (including phenoxy) is 2. The number of benzene rings is 2. The highest BCUT2D eigenvalue weighted by Gasteiger charge is 2.27. The maximum Gasteiger partial charge on any atom is 0.151 e. The fraction of sp³-hybridized carbons (Fsp3) is 0.350. The lowest BCUT2D eigenvalue weighted by Crippen LogP contribution is -2.40. The smallest absolute Gasteiger partial charge is 0.151 e. The standard InChI is InChI=1S/C20H24O5/c1-24-17-10-7-16(8-11-17)14-25-20(19(23)13-21)18(22)12-9-15-5-3-2-4-6-15/h2-8,10-11,13,18-20,22-23H,9,12,14H2,1H3/t18-,19-,20+/m0/s1. The van der Waals surface area contributed by atoms with Gasteiger partial charge in [-0.2, -0.15) is 0 Å². The second-order valence-corrected chi connectivity index (χ2v) is 5.84. The van der Waals surface area contributed by atoms with E-state index in [1.54, 1.807) is 19.2 Å². The van der Waals surface area contributed by atoms with Crippen molar-refractivity contribution in [3.8, 4) is 5.75 Å². The summed E-state index contributed by atoms with van der Waals surface area (Å²) in [6.45, 7) is 0.182. The van der Waals surface area contributed by atoms with Gasteiger partial charge in [0, 0.05) is 0 Å². The van der Waals surface area contributed by atoms with Crippen molar-refractivity contribution in [3.05, 3.63) is 65.7 Å². The van der Waals surface area contributed by atoms with Crippen LogP contribution in [0.15, 0.2) is 54.6 Å². The molecule has 0 saturated heterocycles. The number of methoxy groups -OCH3 is 1. The topological polar surface area (TPSA) is 76.0 Å². The summed E-state index contributed by atoms with van der Waals surface area (Å²) < 4.78 is 10.7. The zero-order chi connectivity index (χ0) is 18.1. The molecule has 2 aromatic carbocycles. The monoisotopic (exact) mass is 344 g/mol. The van der Waals surface area contributed by atoms with Crippen LogP contribution in [0, 0.1) is 0 Å². The number of hydrogen-bond donors (Lipinski definition) is 2. The van der Waals surface area contributed by atoms with Gasteiger partial charge in [0.25, 0.3) is 0 Å². The van der Waals surface area contributed by atoms with Crippen LogP contribution in [-0.2, 0) is 22.6 Å². The van der Waals surface area contributed by atoms with Crippen molar-refractivity contribution >= 4 is 6.29 Å². The maximum atomic E-state index is 11.0. The molecule has 0 amide bonds. The number of rotatable bonds is 10. The molecule has 2 rings (SSSR count). The van der Waals surface area contributed by atoms with Gasteiger partial charge in [-0.1, -0.05) is 42.5 Å². The Bertz CT molecular complexity index is 626. The molecule has 2 N–H and O–H groups in total. The third-order valence-corrected chi connectivity index (χ3v) is 4.03. The van der Waals surface area contributed by atoms with Crippen LogP contribution >= 0.6 is 0 Å². The number of carbonyl (C=O) groups excluding carboxylic acids is 1. The van der Waals surface area contributed by atoms with E-state index in [0.717, 1.165) is 16.9 Å². The zero-order valence-corrected chi connectivity index (χ0v) is 14.2. The molecule has 0 unspecified atom stereocenters. The van der Waals surface area contributed by atoms with E-state index in [1.165, 1.54) is 0 Å². The summed E-state index contributed by atoms with van der Waals surface area (Å²) in [5.41, 5.74) is 1.94. The average Bonchev–Trinajstić information content (AvgIpc) is 2.67. The summed E-state index contributed by atoms with van der Waals surface area (Å²) in [5, 5.41) is 20.2. The first-order valence-electron chi connectivity index (χ1n) is 8.24. The molecule has 134 valence electrons. The quantitative estimate of drug-likeness (QED) is 0.646. The molecule has 0 spiro atoms. The van der Waals surface area contributed by atoms with E-state index in [1.807, 2.05) is 42.5 Å². The van der Waals surface area contributed by atoms with Crippen molar-refractivity contribution in [1.29, 1.82) is 0 Å². The van der Waals surface area contributed by atoms with Gasteiger partial charge in [-0.3, -0.25) is 0 Å². The third kappa shape index (κ3) is 5.98. The van der Waals surface area contributed by atoms with Gasteiger partial charge in [-0.25, -0.2) is 0 Å². The van der Waals surface area contributed by atoms with Gasteiger partial charge in [0.2, 0.25) is 0 Å². The molecule has 0 aliphatic heterocycles. The number of carbonyl (C=O) groups is 1. The van der Waals surface area contributed by atoms with Gasteiger partial charge >= 0.3 is 0 Å². The van der Waals surface area contributed by atoms with E-state index in [0.29, 0.717) is 19.1 Å². The van der Waals surface area contributed by atoms with Crippen LogP contribution in [0.2, 0.25) is 0 Å². The predicted molar refractivity (Wildman–Crippen MR) is 94.4 cm³/mol. The van der Waals surface area contributed by atoms with Crippen LogP contribution in [0.1, 0.15) is 17.5 Å². The van der Waals surface area contributed by atoms with Gasteiger partial charge in [0.15, 0.2) is 6.29 Å². The molecule has 25 heavy (non-hydrogen) atoms. The summed E-state index contributed by atoms with van der Waals surface area (Å²) in [6.07, 6.45) is -1.87. The summed E-state index contributed by atoms with van der Waals surface area (Å²) in [4.78, 5) is 11.0. The highest BCUT2D eigenvalue weighted by atomic mass is 16.5. The van der Waals surface area contributed by atoms with E-state index in [4.69, 9.17) is 9.47 Å². The van der Waals surface area contributed by atoms with E-state index < -0.39 is 18.3 Å². The van der Waals surface area contributed by atoms with Crippen molar-refractivity contribution in [2.24, 2.45) is 0 Å². The molecule has 0 aliphatic carbocycles. The van der Waals surface area contributed by atoms with Crippen LogP contribution < -0.4 is 4.74 Å². The van der Waals surface area contributed by atoms with E-state index in [-0.39, 0.29) is 6.61 Å². The molecule has 0 saturated carbocycles. The van der Waals surface area contributed by atoms with Crippen molar-refractivity contribution in [1.82, 2.24) is 0 Å². The SMILES string of the molecule is COc1ccc(CO[C@@H]([C@@H](O)C=O)[C@@H](O)CCc2ccccc2)cc1. The Morgan fingerprint density at radius 1 is 1.00 bits per heavy atom. The van der Waals surface area contributed by atoms with Crippen molar-refractivity contribution in [2.75, 3.05) is 7.11 Å². The van der Waals surface area contributed by atoms with Crippen LogP contribution in [0.4, 0.5) is 0 Å². The minimum absolute atomic E-state index is 0.182. The molecule has 5 nitrogen and oxygen atoms in total. The molecular weight excluding hydrogens is 320 g/mol. The lowest BCUT2D eigenvalue weighted by molar-refractivity contribution is -0.136. The largest absolute Gasteiger partial charge is 0.497 e. The molecular formula is C20H24O5. The van der Waals surface area contributed by atoms with Crippen LogP contribution in [0.25, 0.3) is 0 Å². The number of aliphatic hydroxyl groups is 2. The summed E-state index contributed by atoms with van der Waals surface area (Å²) in [7, 11) is 1.59. The molecule has 0 radical (unpaired) electrons. The molecule has 0 heterocycles. The average molecular weight is 344 g/mol. The zero-order valence-electron chi connectivity index (χ0n) is 14.2. The van der Waals surface area contributed by atoms with E-state index >= 15 is 0 Å². The van der Waals surface area contributed by atoms with Gasteiger partial charge in [0.1, 0.15) is 18.0 Å². The number of hydrogen-bond acceptors (Lipinski definition) is 5. The van der Waals surface area contributed by atoms with Crippen molar-refractivity contribution < 1.29 is 24.5 Å². The Morgan fingerprint density at radius 3 is 2.28 bits per heavy atom. The number of aldehydes is 1. The molecule has 5 heteroatoms. The molecule has 0 bridgehead atoms. The second-order valence-electron chi connectivity index (χ2n) is 5.84. The highest BCUT2D eigenvalue weighted by Crippen LogP contribution is 2.16. The number of aryl methyl sites for hydroxylation is 1. The Morgan fingerprint density at radius 2 is 1.68 bits per heavy atom. The van der Waals surface area contributed by atoms with Crippen molar-refractivity contribution in [3.63, 3.8) is 0 Å². The first-order chi connectivity index (χ1) is 12.1. The lowest BCUT2D eigenvalue weighted by atomic mass is 10.0. The fourth-order valence-electron chi connectivity index (χ4n) is 2.55. The molecule has 0 aromatic heterocycles. The Kier molecular flexibility index (Phi) is 7.60. The second kappa shape index (κ2) is 9.93. The van der Waals surface area contributed by atoms with Crippen LogP contribution in [-0.4, -0.2) is 41.9 Å². The molecule has 0 fully saturated rings. The Labute approximate surface area is 147 Å². The van der Waals surface area contributed by atoms with E-state index in [9.17, 15) is 15.0 Å². The summed E-state index contributed by atoms with van der Waals surface area (Å²) in [5.74, 6) is 0.733. The van der Waals surface area contributed by atoms with Crippen LogP contribution in [0.3, 0.4) is 0 Å². The minimum atomic E-state index is -1.37. The van der Waals surface area contributed by atoms with Crippen molar-refractivity contribution in [2.45, 2.75) is 37.8 Å². The Balaban J connectivity index is 1.93. The molecule has 0 aliphatic rings. The first kappa shape index (κ1) is 19.1. The van der Waals surface area contributed by atoms with Gasteiger partial charge in [-0.05, 0) is 36.1 Å². The third-order valence-electron chi connectivity index (χ3n) is 4.03. The summed E-state index contributed by atoms with van der Waals surface area (Å²) >= 11 is 0. The predicted octanol–water partition coefficient (Wildman–Crippen LogP) is 2.13. The van der Waals surface area contributed by atoms with Gasteiger partial charge in [-0.15, -0.1) is 0 Å². The van der Waals surface area contributed by atoms with Gasteiger partial charge in [0.05, 0.1) is 19.8 Å². The van der Waals surface area contributed by atoms with E-state index in [2.05, 4.69) is 0 Å². The Hall–Kier alpha value is -2.21. The summed E-state index contributed by atoms with van der Waals surface area (Å²) in [6, 6.07) is 17.0. The normalized spacial score (nSPS) is 14.5. The molecule has 3 atom stereocenters. The highest BCUT2D eigenvalue weighted by molar-refractivity contribution is 5.56. The van der Waals surface area contributed by atoms with Gasteiger partial charge < -0.3 is 24.5 Å².